The molecule has 1 fully saturated rings. The van der Waals surface area contributed by atoms with Crippen molar-refractivity contribution in [2.24, 2.45) is 10.9 Å². The monoisotopic (exact) mass is 455 g/mol. The molecule has 3 atom stereocenters. The van der Waals surface area contributed by atoms with Gasteiger partial charge >= 0.3 is 6.09 Å². The van der Waals surface area contributed by atoms with E-state index in [1.54, 1.807) is 20.8 Å². The number of amidine groups is 1. The largest absolute Gasteiger partial charge is 0.444 e. The number of nitrogens with one attached hydrogen (secondary N) is 1. The number of ether oxygens (including phenoxy) is 3. The van der Waals surface area contributed by atoms with E-state index < -0.39 is 28.0 Å². The number of alkyl carbamates (subject to hydrolysis) is 1. The Morgan fingerprint density at radius 2 is 2.23 bits per heavy atom. The highest BCUT2D eigenvalue weighted by Gasteiger charge is 2.50. The zero-order chi connectivity index (χ0) is 22.8. The van der Waals surface area contributed by atoms with Gasteiger partial charge in [0.25, 0.3) is 5.69 Å². The number of nitro benzene ring substituents is 1. The molecule has 1 saturated heterocycles. The minimum atomic E-state index is -1.15. The van der Waals surface area contributed by atoms with Crippen LogP contribution in [-0.2, 0) is 19.7 Å². The number of fused-ring (bicyclic) bond motifs is 1. The Balaban J connectivity index is 2.05. The summed E-state index contributed by atoms with van der Waals surface area (Å²) in [6, 6.07) is 3.43. The van der Waals surface area contributed by atoms with Gasteiger partial charge in [-0.1, -0.05) is 11.8 Å². The number of methoxy groups -OCH3 is 1. The number of thioether (sulfide) groups is 1. The summed E-state index contributed by atoms with van der Waals surface area (Å²) in [7, 11) is 1.53. The second-order valence-corrected chi connectivity index (χ2v) is 9.52. The molecule has 1 aromatic carbocycles. The van der Waals surface area contributed by atoms with Gasteiger partial charge in [0, 0.05) is 42.9 Å². The van der Waals surface area contributed by atoms with Gasteiger partial charge in [-0.25, -0.2) is 9.18 Å². The number of benzene rings is 1. The van der Waals surface area contributed by atoms with Crippen molar-refractivity contribution in [3.8, 4) is 0 Å². The minimum absolute atomic E-state index is 0.111. The number of aliphatic imine (C=N–C) groups is 1. The van der Waals surface area contributed by atoms with Crippen LogP contribution in [0.25, 0.3) is 0 Å². The van der Waals surface area contributed by atoms with Crippen LogP contribution in [0.1, 0.15) is 32.8 Å². The lowest BCUT2D eigenvalue weighted by molar-refractivity contribution is -0.385. The molecule has 1 amide bonds. The Kier molecular flexibility index (Phi) is 6.87. The number of carbonyl (C=O) groups is 1. The van der Waals surface area contributed by atoms with Crippen LogP contribution in [0.15, 0.2) is 23.2 Å². The lowest BCUT2D eigenvalue weighted by Crippen LogP contribution is -2.51. The number of non-ortho nitro benzene ring substituents is 1. The molecule has 0 saturated carbocycles. The number of nitrogens with zero attached hydrogens (tertiary/aromatic N) is 2. The number of carbonyl (C=O) groups excluding carboxylic acids is 1. The van der Waals surface area contributed by atoms with Gasteiger partial charge in [0.05, 0.1) is 29.8 Å². The summed E-state index contributed by atoms with van der Waals surface area (Å²) in [6.45, 7) is 5.78. The first-order valence-corrected chi connectivity index (χ1v) is 10.8. The Morgan fingerprint density at radius 3 is 2.87 bits per heavy atom. The van der Waals surface area contributed by atoms with Crippen LogP contribution in [0, 0.1) is 21.8 Å². The van der Waals surface area contributed by atoms with Crippen molar-refractivity contribution >= 4 is 28.7 Å². The van der Waals surface area contributed by atoms with Gasteiger partial charge in [0.15, 0.2) is 5.17 Å². The number of halogens is 1. The lowest BCUT2D eigenvalue weighted by Gasteiger charge is -2.46. The summed E-state index contributed by atoms with van der Waals surface area (Å²) >= 11 is 1.30. The number of hydrogen-bond donors (Lipinski definition) is 1. The molecule has 1 aromatic rings. The summed E-state index contributed by atoms with van der Waals surface area (Å²) in [5.41, 5.74) is -1.96. The van der Waals surface area contributed by atoms with Crippen molar-refractivity contribution in [3.05, 3.63) is 39.7 Å². The summed E-state index contributed by atoms with van der Waals surface area (Å²) in [6.07, 6.45) is -0.800. The Bertz CT molecular complexity index is 890. The minimum Gasteiger partial charge on any atom is -0.444 e. The van der Waals surface area contributed by atoms with Crippen molar-refractivity contribution < 1.29 is 28.3 Å². The first-order valence-electron chi connectivity index (χ1n) is 9.81. The average Bonchev–Trinajstić information content (AvgIpc) is 2.66. The third-order valence-corrected chi connectivity index (χ3v) is 6.09. The summed E-state index contributed by atoms with van der Waals surface area (Å²) in [4.78, 5) is 27.8. The fraction of sp³-hybridized carbons (Fsp3) is 0.600. The zero-order valence-electron chi connectivity index (χ0n) is 17.8. The van der Waals surface area contributed by atoms with Gasteiger partial charge in [-0.3, -0.25) is 20.4 Å². The molecule has 0 radical (unpaired) electrons. The van der Waals surface area contributed by atoms with Crippen molar-refractivity contribution in [1.82, 2.24) is 5.32 Å². The highest BCUT2D eigenvalue weighted by atomic mass is 32.2. The van der Waals surface area contributed by atoms with Crippen molar-refractivity contribution in [2.75, 3.05) is 26.1 Å². The smallest absolute Gasteiger partial charge is 0.413 e. The molecule has 2 aliphatic rings. The number of hydrogen-bond acceptors (Lipinski definition) is 8. The van der Waals surface area contributed by atoms with E-state index in [2.05, 4.69) is 5.32 Å². The molecule has 0 spiro atoms. The maximum Gasteiger partial charge on any atom is 0.413 e. The second kappa shape index (κ2) is 9.09. The van der Waals surface area contributed by atoms with Gasteiger partial charge in [0.1, 0.15) is 11.4 Å². The SMILES string of the molecule is COC[C@H]1C[C@]2(c3cc([N+](=O)[O-])ccc3F)N=C(NC(=O)OC(C)(C)C)SC[C@@H]2CO1. The molecule has 11 heteroatoms. The van der Waals surface area contributed by atoms with E-state index in [0.717, 1.165) is 12.1 Å². The number of nitro groups is 1. The van der Waals surface area contributed by atoms with Crippen LogP contribution in [0.2, 0.25) is 0 Å². The van der Waals surface area contributed by atoms with Gasteiger partial charge in [0.2, 0.25) is 0 Å². The van der Waals surface area contributed by atoms with E-state index in [0.29, 0.717) is 5.75 Å². The van der Waals surface area contributed by atoms with Crippen molar-refractivity contribution in [3.63, 3.8) is 0 Å². The predicted octanol–water partition coefficient (Wildman–Crippen LogP) is 3.61. The molecule has 9 nitrogen and oxygen atoms in total. The van der Waals surface area contributed by atoms with Gasteiger partial charge in [-0.2, -0.15) is 0 Å². The van der Waals surface area contributed by atoms with Gasteiger partial charge in [-0.15, -0.1) is 0 Å². The topological polar surface area (TPSA) is 112 Å². The summed E-state index contributed by atoms with van der Waals surface area (Å²) in [5.74, 6) is -0.358. The Labute approximate surface area is 183 Å². The molecule has 0 aromatic heterocycles. The zero-order valence-corrected chi connectivity index (χ0v) is 18.7. The standard InChI is InChI=1S/C20H26FN3O6S/c1-19(2,3)30-18(25)22-17-23-20(15-7-13(24(26)27)5-6-16(15)21)8-14(10-28-4)29-9-12(20)11-31-17/h5-7,12,14H,8-11H2,1-4H3,(H,22,23,25)/t12-,14+,20-/m0/s1. The molecule has 31 heavy (non-hydrogen) atoms. The normalized spacial score (nSPS) is 25.9. The maximum absolute atomic E-state index is 15.0. The van der Waals surface area contributed by atoms with Crippen LogP contribution >= 0.6 is 11.8 Å². The molecular formula is C20H26FN3O6S. The average molecular weight is 456 g/mol. The third-order valence-electron chi connectivity index (χ3n) is 5.06. The van der Waals surface area contributed by atoms with Crippen LogP contribution in [-0.4, -0.2) is 54.0 Å². The van der Waals surface area contributed by atoms with E-state index in [-0.39, 0.29) is 48.1 Å². The van der Waals surface area contributed by atoms with Crippen molar-refractivity contribution in [2.45, 2.75) is 44.4 Å². The van der Waals surface area contributed by atoms with E-state index in [9.17, 15) is 14.9 Å². The molecule has 2 heterocycles. The third kappa shape index (κ3) is 5.34. The van der Waals surface area contributed by atoms with E-state index >= 15 is 4.39 Å². The van der Waals surface area contributed by atoms with E-state index in [1.807, 2.05) is 0 Å². The molecule has 0 bridgehead atoms. The first kappa shape index (κ1) is 23.4. The number of amides is 1. The summed E-state index contributed by atoms with van der Waals surface area (Å²) in [5, 5.41) is 14.2. The molecule has 0 unspecified atom stereocenters. The molecule has 170 valence electrons. The highest BCUT2D eigenvalue weighted by molar-refractivity contribution is 8.13. The predicted molar refractivity (Wildman–Crippen MR) is 114 cm³/mol. The fourth-order valence-corrected chi connectivity index (χ4v) is 4.89. The molecule has 0 aliphatic carbocycles. The van der Waals surface area contributed by atoms with E-state index in [1.165, 1.54) is 24.9 Å². The number of rotatable bonds is 4. The lowest BCUT2D eigenvalue weighted by atomic mass is 9.73. The van der Waals surface area contributed by atoms with Crippen molar-refractivity contribution in [1.29, 1.82) is 0 Å². The second-order valence-electron chi connectivity index (χ2n) is 8.51. The van der Waals surface area contributed by atoms with Crippen LogP contribution in [0.3, 0.4) is 0 Å². The molecule has 2 aliphatic heterocycles. The van der Waals surface area contributed by atoms with E-state index in [4.69, 9.17) is 19.2 Å². The Morgan fingerprint density at radius 1 is 1.48 bits per heavy atom. The molecular weight excluding hydrogens is 429 g/mol. The molecule has 3 rings (SSSR count). The van der Waals surface area contributed by atoms with Crippen LogP contribution in [0.5, 0.6) is 0 Å². The maximum atomic E-state index is 15.0. The summed E-state index contributed by atoms with van der Waals surface area (Å²) < 4.78 is 31.4. The quantitative estimate of drug-likeness (QED) is 0.545. The van der Waals surface area contributed by atoms with Gasteiger partial charge < -0.3 is 14.2 Å². The molecule has 1 N–H and O–H groups in total. The van der Waals surface area contributed by atoms with Crippen LogP contribution in [0.4, 0.5) is 14.9 Å². The fourth-order valence-electron chi connectivity index (χ4n) is 3.78. The Hall–Kier alpha value is -2.24. The highest BCUT2D eigenvalue weighted by Crippen LogP contribution is 2.48. The van der Waals surface area contributed by atoms with Crippen LogP contribution < -0.4 is 5.32 Å². The van der Waals surface area contributed by atoms with Gasteiger partial charge in [-0.05, 0) is 26.8 Å². The first-order chi connectivity index (χ1) is 14.5.